The fraction of sp³-hybridized carbons (Fsp3) is 0.261. The summed E-state index contributed by atoms with van der Waals surface area (Å²) in [6.45, 7) is 0. The van der Waals surface area contributed by atoms with Crippen molar-refractivity contribution in [1.29, 1.82) is 0 Å². The van der Waals surface area contributed by atoms with Crippen LogP contribution in [0.1, 0.15) is 12.0 Å². The fourth-order valence-corrected chi connectivity index (χ4v) is 4.81. The number of aromatic nitrogens is 3. The van der Waals surface area contributed by atoms with Crippen LogP contribution in [0.2, 0.25) is 0 Å². The molecule has 2 bridgehead atoms. The molecule has 3 amide bonds. The molecule has 0 aliphatic heterocycles. The molecule has 1 fully saturated rings. The van der Waals surface area contributed by atoms with Crippen LogP contribution in [-0.2, 0) is 20.8 Å². The summed E-state index contributed by atoms with van der Waals surface area (Å²) in [6.07, 6.45) is 7.42. The average molecular weight is 445 g/mol. The van der Waals surface area contributed by atoms with Crippen molar-refractivity contribution in [1.82, 2.24) is 20.3 Å². The largest absolute Gasteiger partial charge is 0.369 e. The molecule has 0 radical (unpaired) electrons. The lowest BCUT2D eigenvalue weighted by Gasteiger charge is -2.27. The monoisotopic (exact) mass is 445 g/mol. The first kappa shape index (κ1) is 20.7. The molecule has 168 valence electrons. The van der Waals surface area contributed by atoms with E-state index in [2.05, 4.69) is 43.1 Å². The van der Waals surface area contributed by atoms with E-state index < -0.39 is 0 Å². The second-order valence-electron chi connectivity index (χ2n) is 8.37. The normalized spacial score (nSPS) is 22.9. The van der Waals surface area contributed by atoms with Gasteiger partial charge in [0.1, 0.15) is 11.5 Å². The number of carbonyl (C=O) groups excluding carboxylic acids is 3. The Labute approximate surface area is 189 Å². The van der Waals surface area contributed by atoms with Gasteiger partial charge in [0.15, 0.2) is 0 Å². The van der Waals surface area contributed by atoms with Gasteiger partial charge < -0.3 is 21.4 Å². The number of allylic oxidation sites excluding steroid dienone is 1. The Morgan fingerprint density at radius 1 is 1.12 bits per heavy atom. The van der Waals surface area contributed by atoms with Crippen molar-refractivity contribution in [2.45, 2.75) is 18.9 Å². The molecule has 2 aromatic heterocycles. The number of hydrogen-bond acceptors (Lipinski definition) is 7. The molecule has 4 atom stereocenters. The van der Waals surface area contributed by atoms with Gasteiger partial charge >= 0.3 is 0 Å². The van der Waals surface area contributed by atoms with Crippen LogP contribution < -0.4 is 21.7 Å². The zero-order valence-corrected chi connectivity index (χ0v) is 17.6. The van der Waals surface area contributed by atoms with Crippen molar-refractivity contribution in [3.05, 3.63) is 54.2 Å². The van der Waals surface area contributed by atoms with Crippen LogP contribution in [0.25, 0.3) is 11.0 Å². The third-order valence-corrected chi connectivity index (χ3v) is 6.30. The van der Waals surface area contributed by atoms with Crippen LogP contribution in [0.3, 0.4) is 0 Å². The van der Waals surface area contributed by atoms with E-state index in [0.29, 0.717) is 23.8 Å². The predicted molar refractivity (Wildman–Crippen MR) is 122 cm³/mol. The quantitative estimate of drug-likeness (QED) is 0.261. The highest BCUT2D eigenvalue weighted by atomic mass is 16.2. The van der Waals surface area contributed by atoms with E-state index in [4.69, 9.17) is 5.73 Å². The molecule has 6 N–H and O–H groups in total. The molecule has 2 aliphatic rings. The average Bonchev–Trinajstić information content (AvgIpc) is 3.51. The first-order valence-electron chi connectivity index (χ1n) is 10.7. The fourth-order valence-electron chi connectivity index (χ4n) is 4.81. The van der Waals surface area contributed by atoms with Gasteiger partial charge in [-0.3, -0.25) is 19.7 Å². The first-order valence-corrected chi connectivity index (χ1v) is 10.7. The number of anilines is 3. The number of amides is 3. The first-order chi connectivity index (χ1) is 16.0. The van der Waals surface area contributed by atoms with Crippen LogP contribution in [0.15, 0.2) is 48.7 Å². The highest BCUT2D eigenvalue weighted by molar-refractivity contribution is 5.89. The Morgan fingerprint density at radius 2 is 1.91 bits per heavy atom. The Hall–Kier alpha value is -4.21. The molecule has 1 saturated carbocycles. The van der Waals surface area contributed by atoms with Gasteiger partial charge in [-0.25, -0.2) is 0 Å². The second-order valence-corrected chi connectivity index (χ2v) is 8.37. The number of hydrogen-bond donors (Lipinski definition) is 5. The van der Waals surface area contributed by atoms with E-state index in [1.54, 1.807) is 18.3 Å². The summed E-state index contributed by atoms with van der Waals surface area (Å²) in [4.78, 5) is 46.3. The number of fused-ring (bicyclic) bond motifs is 3. The van der Waals surface area contributed by atoms with Gasteiger partial charge in [0.05, 0.1) is 17.7 Å². The number of benzene rings is 1. The van der Waals surface area contributed by atoms with Crippen LogP contribution in [-0.4, -0.2) is 39.2 Å². The summed E-state index contributed by atoms with van der Waals surface area (Å²) in [7, 11) is 0. The number of carbonyl (C=O) groups is 3. The highest BCUT2D eigenvalue weighted by Gasteiger charge is 2.47. The zero-order valence-electron chi connectivity index (χ0n) is 17.6. The van der Waals surface area contributed by atoms with E-state index in [-0.39, 0.29) is 42.0 Å². The lowest BCUT2D eigenvalue weighted by Crippen LogP contribution is -2.41. The minimum absolute atomic E-state index is 0.108. The predicted octanol–water partition coefficient (Wildman–Crippen LogP) is 1.60. The van der Waals surface area contributed by atoms with E-state index >= 15 is 0 Å². The summed E-state index contributed by atoms with van der Waals surface area (Å²) >= 11 is 0. The molecule has 10 nitrogen and oxygen atoms in total. The molecule has 1 aromatic carbocycles. The summed E-state index contributed by atoms with van der Waals surface area (Å²) in [5, 5.41) is 9.59. The van der Waals surface area contributed by atoms with Gasteiger partial charge in [0, 0.05) is 17.9 Å². The van der Waals surface area contributed by atoms with E-state index in [0.717, 1.165) is 23.1 Å². The number of nitrogens with one attached hydrogen (secondary N) is 4. The number of rotatable bonds is 8. The van der Waals surface area contributed by atoms with Crippen LogP contribution in [0, 0.1) is 17.8 Å². The molecule has 2 heterocycles. The van der Waals surface area contributed by atoms with Gasteiger partial charge in [0.25, 0.3) is 0 Å². The Kier molecular flexibility index (Phi) is 5.25. The molecule has 2 aliphatic carbocycles. The van der Waals surface area contributed by atoms with Crippen LogP contribution in [0.5, 0.6) is 0 Å². The maximum atomic E-state index is 12.1. The van der Waals surface area contributed by atoms with Crippen molar-refractivity contribution in [2.24, 2.45) is 23.5 Å². The maximum Gasteiger partial charge on any atom is 0.231 e. The lowest BCUT2D eigenvalue weighted by atomic mass is 9.88. The third-order valence-electron chi connectivity index (χ3n) is 6.30. The second kappa shape index (κ2) is 8.38. The van der Waals surface area contributed by atoms with Gasteiger partial charge in [-0.05, 0) is 42.0 Å². The molecule has 0 spiro atoms. The van der Waals surface area contributed by atoms with Crippen LogP contribution in [0.4, 0.5) is 17.5 Å². The molecule has 5 rings (SSSR count). The smallest absolute Gasteiger partial charge is 0.231 e. The van der Waals surface area contributed by atoms with Gasteiger partial charge in [-0.2, -0.15) is 9.97 Å². The third kappa shape index (κ3) is 4.02. The van der Waals surface area contributed by atoms with Crippen molar-refractivity contribution in [3.8, 4) is 0 Å². The highest BCUT2D eigenvalue weighted by Crippen LogP contribution is 2.45. The number of imide groups is 1. The van der Waals surface area contributed by atoms with E-state index in [9.17, 15) is 14.4 Å². The van der Waals surface area contributed by atoms with E-state index in [1.165, 1.54) is 0 Å². The van der Waals surface area contributed by atoms with Crippen LogP contribution >= 0.6 is 0 Å². The molecule has 10 heteroatoms. The number of nitrogens with two attached hydrogens (primary N) is 1. The topological polar surface area (TPSA) is 155 Å². The standard InChI is InChI=1S/C23H23N7O3/c24-20(33)18-13-3-4-14(10-13)19(18)28-22-16-7-8-25-21(16)29-23(30-22)27-15-5-1-12(2-6-15)9-17(32)26-11-31/h1-8,11,13-14,18-19H,9-10H2,(H2,24,33)(H,26,31,32)(H3,25,27,28,29,30). The van der Waals surface area contributed by atoms with E-state index in [1.807, 2.05) is 18.2 Å². The van der Waals surface area contributed by atoms with Gasteiger partial charge in [-0.15, -0.1) is 0 Å². The Morgan fingerprint density at radius 3 is 2.67 bits per heavy atom. The number of primary amides is 1. The summed E-state index contributed by atoms with van der Waals surface area (Å²) < 4.78 is 0. The molecular weight excluding hydrogens is 422 g/mol. The maximum absolute atomic E-state index is 12.1. The zero-order chi connectivity index (χ0) is 22.9. The number of H-pyrrole nitrogens is 1. The molecular formula is C23H23N7O3. The van der Waals surface area contributed by atoms with Gasteiger partial charge in [0.2, 0.25) is 24.2 Å². The summed E-state index contributed by atoms with van der Waals surface area (Å²) in [5.74, 6) is 0.464. The summed E-state index contributed by atoms with van der Waals surface area (Å²) in [6, 6.07) is 8.97. The molecule has 33 heavy (non-hydrogen) atoms. The Bertz CT molecular complexity index is 1250. The molecule has 3 aromatic rings. The molecule has 4 unspecified atom stereocenters. The van der Waals surface area contributed by atoms with Crippen molar-refractivity contribution >= 4 is 46.7 Å². The Balaban J connectivity index is 1.37. The minimum Gasteiger partial charge on any atom is -0.369 e. The SMILES string of the molecule is NC(=O)C1C2C=CC(C2)C1Nc1nc(Nc2ccc(CC(=O)NC=O)cc2)nc2[nH]ccc12. The molecule has 0 saturated heterocycles. The minimum atomic E-state index is -0.369. The van der Waals surface area contributed by atoms with Crippen molar-refractivity contribution in [2.75, 3.05) is 10.6 Å². The van der Waals surface area contributed by atoms with Crippen molar-refractivity contribution in [3.63, 3.8) is 0 Å². The summed E-state index contributed by atoms with van der Waals surface area (Å²) in [5.41, 5.74) is 7.87. The van der Waals surface area contributed by atoms with Crippen molar-refractivity contribution < 1.29 is 14.4 Å². The lowest BCUT2D eigenvalue weighted by molar-refractivity contribution is -0.125. The number of aromatic amines is 1. The number of nitrogens with zero attached hydrogens (tertiary/aromatic N) is 2. The van der Waals surface area contributed by atoms with Gasteiger partial charge in [-0.1, -0.05) is 24.3 Å².